The van der Waals surface area contributed by atoms with Crippen LogP contribution in [0, 0.1) is 0 Å². The van der Waals surface area contributed by atoms with E-state index in [1.54, 1.807) is 12.1 Å². The van der Waals surface area contributed by atoms with E-state index in [-0.39, 0.29) is 16.8 Å². The van der Waals surface area contributed by atoms with E-state index in [1.165, 1.54) is 0 Å². The lowest BCUT2D eigenvalue weighted by atomic mass is 10.2. The molecule has 6 heteroatoms. The molecule has 0 radical (unpaired) electrons. The predicted molar refractivity (Wildman–Crippen MR) is 63.8 cm³/mol. The first-order valence-electron chi connectivity index (χ1n) is 5.30. The highest BCUT2D eigenvalue weighted by atomic mass is 35.5. The van der Waals surface area contributed by atoms with Crippen molar-refractivity contribution in [3.63, 3.8) is 0 Å². The summed E-state index contributed by atoms with van der Waals surface area (Å²) in [6.45, 7) is 1.37. The summed E-state index contributed by atoms with van der Waals surface area (Å²) in [7, 11) is 1.88. The molecule has 2 rings (SSSR count). The van der Waals surface area contributed by atoms with Crippen molar-refractivity contribution in [3.8, 4) is 0 Å². The molecule has 1 fully saturated rings. The number of pyridine rings is 1. The molecule has 0 amide bonds. The molecule has 0 aliphatic carbocycles. The summed E-state index contributed by atoms with van der Waals surface area (Å²) in [5.41, 5.74) is -0.116. The van der Waals surface area contributed by atoms with Crippen molar-refractivity contribution < 1.29 is 14.6 Å². The fourth-order valence-electron chi connectivity index (χ4n) is 1.79. The third kappa shape index (κ3) is 2.50. The molecule has 1 aromatic rings. The third-order valence-electron chi connectivity index (χ3n) is 2.85. The predicted octanol–water partition coefficient (Wildman–Crippen LogP) is 1.66. The van der Waals surface area contributed by atoms with Crippen LogP contribution >= 0.6 is 11.6 Å². The van der Waals surface area contributed by atoms with Gasteiger partial charge in [0.1, 0.15) is 5.82 Å². The van der Waals surface area contributed by atoms with Gasteiger partial charge in [0.15, 0.2) is 5.69 Å². The van der Waals surface area contributed by atoms with E-state index in [1.807, 2.05) is 11.9 Å². The lowest BCUT2D eigenvalue weighted by Gasteiger charge is -2.24. The summed E-state index contributed by atoms with van der Waals surface area (Å²) in [6.07, 6.45) is 0.920. The fourth-order valence-corrected chi connectivity index (χ4v) is 1.98. The van der Waals surface area contributed by atoms with Gasteiger partial charge in [-0.3, -0.25) is 0 Å². The van der Waals surface area contributed by atoms with Crippen LogP contribution in [-0.2, 0) is 4.74 Å². The molecule has 92 valence electrons. The number of ether oxygens (including phenoxy) is 1. The van der Waals surface area contributed by atoms with Gasteiger partial charge in [-0.1, -0.05) is 11.6 Å². The molecule has 5 nitrogen and oxygen atoms in total. The number of carboxylic acids is 1. The number of hydrogen-bond acceptors (Lipinski definition) is 4. The van der Waals surface area contributed by atoms with Crippen molar-refractivity contribution in [2.75, 3.05) is 25.2 Å². The number of rotatable bonds is 3. The Morgan fingerprint density at radius 3 is 3.00 bits per heavy atom. The molecule has 1 aliphatic rings. The van der Waals surface area contributed by atoms with Gasteiger partial charge < -0.3 is 14.7 Å². The average molecular weight is 257 g/mol. The highest BCUT2D eigenvalue weighted by Crippen LogP contribution is 2.22. The van der Waals surface area contributed by atoms with Crippen molar-refractivity contribution in [1.82, 2.24) is 4.98 Å². The molecule has 1 aromatic heterocycles. The molecule has 2 heterocycles. The SMILES string of the molecule is CN(c1ccc(Cl)c(C(=O)O)n1)C1CCOC1. The Bertz CT molecular complexity index is 433. The fraction of sp³-hybridized carbons (Fsp3) is 0.455. The maximum Gasteiger partial charge on any atom is 0.356 e. The minimum atomic E-state index is -1.12. The summed E-state index contributed by atoms with van der Waals surface area (Å²) < 4.78 is 5.29. The van der Waals surface area contributed by atoms with Crippen molar-refractivity contribution in [2.45, 2.75) is 12.5 Å². The van der Waals surface area contributed by atoms with Crippen LogP contribution in [0.2, 0.25) is 5.02 Å². The van der Waals surface area contributed by atoms with Crippen molar-refractivity contribution in [1.29, 1.82) is 0 Å². The number of anilines is 1. The Morgan fingerprint density at radius 1 is 1.65 bits per heavy atom. The molecular weight excluding hydrogens is 244 g/mol. The Hall–Kier alpha value is -1.33. The van der Waals surface area contributed by atoms with Crippen LogP contribution in [-0.4, -0.2) is 42.4 Å². The smallest absolute Gasteiger partial charge is 0.356 e. The van der Waals surface area contributed by atoms with Crippen LogP contribution in [0.15, 0.2) is 12.1 Å². The summed E-state index contributed by atoms with van der Waals surface area (Å²) in [5, 5.41) is 9.10. The Morgan fingerprint density at radius 2 is 2.41 bits per heavy atom. The second kappa shape index (κ2) is 4.89. The van der Waals surface area contributed by atoms with E-state index in [9.17, 15) is 4.79 Å². The topological polar surface area (TPSA) is 62.7 Å². The molecule has 1 atom stereocenters. The van der Waals surface area contributed by atoms with E-state index >= 15 is 0 Å². The quantitative estimate of drug-likeness (QED) is 0.891. The number of aromatic nitrogens is 1. The van der Waals surface area contributed by atoms with E-state index in [2.05, 4.69) is 4.98 Å². The monoisotopic (exact) mass is 256 g/mol. The van der Waals surface area contributed by atoms with Crippen LogP contribution in [0.5, 0.6) is 0 Å². The Kier molecular flexibility index (Phi) is 3.49. The lowest BCUT2D eigenvalue weighted by molar-refractivity contribution is 0.0691. The minimum Gasteiger partial charge on any atom is -0.476 e. The van der Waals surface area contributed by atoms with Crippen LogP contribution < -0.4 is 4.90 Å². The van der Waals surface area contributed by atoms with E-state index in [0.29, 0.717) is 12.4 Å². The molecule has 1 saturated heterocycles. The second-order valence-electron chi connectivity index (χ2n) is 3.93. The number of aromatic carboxylic acids is 1. The second-order valence-corrected chi connectivity index (χ2v) is 4.34. The number of hydrogen-bond donors (Lipinski definition) is 1. The number of carbonyl (C=O) groups is 1. The Balaban J connectivity index is 2.26. The number of halogens is 1. The number of nitrogens with zero attached hydrogens (tertiary/aromatic N) is 2. The standard InChI is InChI=1S/C11H13ClN2O3/c1-14(7-4-5-17-6-7)9-3-2-8(12)10(13-9)11(15)16/h2-3,7H,4-6H2,1H3,(H,15,16). The van der Waals surface area contributed by atoms with Gasteiger partial charge >= 0.3 is 5.97 Å². The Labute approximate surface area is 104 Å². The molecular formula is C11H13ClN2O3. The third-order valence-corrected chi connectivity index (χ3v) is 3.15. The maximum absolute atomic E-state index is 10.9. The summed E-state index contributed by atoms with van der Waals surface area (Å²) in [4.78, 5) is 16.9. The van der Waals surface area contributed by atoms with Crippen LogP contribution in [0.25, 0.3) is 0 Å². The summed E-state index contributed by atoms with van der Waals surface area (Å²) >= 11 is 5.77. The van der Waals surface area contributed by atoms with Gasteiger partial charge in [-0.25, -0.2) is 9.78 Å². The van der Waals surface area contributed by atoms with Crippen molar-refractivity contribution in [3.05, 3.63) is 22.8 Å². The van der Waals surface area contributed by atoms with Crippen LogP contribution in [0.3, 0.4) is 0 Å². The minimum absolute atomic E-state index is 0.116. The van der Waals surface area contributed by atoms with Crippen molar-refractivity contribution >= 4 is 23.4 Å². The zero-order valence-electron chi connectivity index (χ0n) is 9.39. The van der Waals surface area contributed by atoms with Gasteiger partial charge in [0.25, 0.3) is 0 Å². The van der Waals surface area contributed by atoms with Crippen LogP contribution in [0.4, 0.5) is 5.82 Å². The molecule has 17 heavy (non-hydrogen) atoms. The van der Waals surface area contributed by atoms with E-state index in [4.69, 9.17) is 21.4 Å². The largest absolute Gasteiger partial charge is 0.476 e. The van der Waals surface area contributed by atoms with Gasteiger partial charge in [0.2, 0.25) is 0 Å². The zero-order valence-corrected chi connectivity index (χ0v) is 10.1. The first-order chi connectivity index (χ1) is 8.09. The summed E-state index contributed by atoms with van der Waals surface area (Å²) in [5.74, 6) is -0.518. The number of likely N-dealkylation sites (N-methyl/N-ethyl adjacent to an activating group) is 1. The molecule has 0 spiro atoms. The first-order valence-corrected chi connectivity index (χ1v) is 5.68. The van der Waals surface area contributed by atoms with Crippen molar-refractivity contribution in [2.24, 2.45) is 0 Å². The molecule has 1 aliphatic heterocycles. The van der Waals surface area contributed by atoms with E-state index < -0.39 is 5.97 Å². The molecule has 0 aromatic carbocycles. The number of carboxylic acid groups (broad SMARTS) is 1. The summed E-state index contributed by atoms with van der Waals surface area (Å²) in [6, 6.07) is 3.51. The van der Waals surface area contributed by atoms with Gasteiger partial charge in [0.05, 0.1) is 17.7 Å². The maximum atomic E-state index is 10.9. The highest BCUT2D eigenvalue weighted by Gasteiger charge is 2.22. The molecule has 0 bridgehead atoms. The first kappa shape index (κ1) is 12.1. The highest BCUT2D eigenvalue weighted by molar-refractivity contribution is 6.33. The zero-order chi connectivity index (χ0) is 12.4. The van der Waals surface area contributed by atoms with Gasteiger partial charge in [-0.05, 0) is 18.6 Å². The molecule has 1 unspecified atom stereocenters. The normalized spacial score (nSPS) is 19.3. The van der Waals surface area contributed by atoms with Gasteiger partial charge in [-0.15, -0.1) is 0 Å². The lowest BCUT2D eigenvalue weighted by Crippen LogP contribution is -2.32. The van der Waals surface area contributed by atoms with Crippen LogP contribution in [0.1, 0.15) is 16.9 Å². The van der Waals surface area contributed by atoms with Gasteiger partial charge in [-0.2, -0.15) is 0 Å². The molecule has 1 N–H and O–H groups in total. The van der Waals surface area contributed by atoms with Gasteiger partial charge in [0, 0.05) is 13.7 Å². The molecule has 0 saturated carbocycles. The van der Waals surface area contributed by atoms with E-state index in [0.717, 1.165) is 13.0 Å². The average Bonchev–Trinajstić information content (AvgIpc) is 2.81.